The first-order chi connectivity index (χ1) is 6.83. The van der Waals surface area contributed by atoms with Gasteiger partial charge in [-0.15, -0.1) is 6.58 Å². The van der Waals surface area contributed by atoms with Crippen LogP contribution in [-0.4, -0.2) is 25.0 Å². The van der Waals surface area contributed by atoms with Crippen LogP contribution in [0.1, 0.15) is 5.56 Å². The van der Waals surface area contributed by atoms with Crippen LogP contribution in [0.5, 0.6) is 0 Å². The highest BCUT2D eigenvalue weighted by Crippen LogP contribution is 2.00. The van der Waals surface area contributed by atoms with Crippen molar-refractivity contribution >= 4 is 6.08 Å². The third kappa shape index (κ3) is 4.06. The van der Waals surface area contributed by atoms with Crippen molar-refractivity contribution in [3.8, 4) is 0 Å². The molecule has 0 aliphatic rings. The Labute approximate surface area is 86.4 Å². The van der Waals surface area contributed by atoms with Gasteiger partial charge in [-0.25, -0.2) is 0 Å². The van der Waals surface area contributed by atoms with Gasteiger partial charge in [-0.3, -0.25) is 4.90 Å². The number of benzene rings is 1. The Morgan fingerprint density at radius 2 is 1.93 bits per heavy atom. The van der Waals surface area contributed by atoms with E-state index in [-0.39, 0.29) is 0 Å². The van der Waals surface area contributed by atoms with Crippen LogP contribution in [0.2, 0.25) is 0 Å². The van der Waals surface area contributed by atoms with Gasteiger partial charge in [-0.2, -0.15) is 0 Å². The molecule has 0 unspecified atom stereocenters. The molecule has 1 aromatic carbocycles. The van der Waals surface area contributed by atoms with Crippen LogP contribution in [0.25, 0.3) is 6.08 Å². The molecule has 0 fully saturated rings. The monoisotopic (exact) mass is 187 g/mol. The minimum atomic E-state index is 0.930. The van der Waals surface area contributed by atoms with Crippen molar-refractivity contribution in [2.75, 3.05) is 20.1 Å². The minimum Gasteiger partial charge on any atom is -0.299 e. The van der Waals surface area contributed by atoms with E-state index in [1.54, 1.807) is 0 Å². The number of hydrogen-bond acceptors (Lipinski definition) is 1. The number of rotatable bonds is 5. The first-order valence-electron chi connectivity index (χ1n) is 4.84. The van der Waals surface area contributed by atoms with E-state index >= 15 is 0 Å². The minimum absolute atomic E-state index is 0.930. The SMILES string of the molecule is C=CCN(C)CC=Cc1ccccc1. The van der Waals surface area contributed by atoms with Gasteiger partial charge in [0.1, 0.15) is 0 Å². The molecule has 0 aromatic heterocycles. The Morgan fingerprint density at radius 1 is 1.21 bits per heavy atom. The summed E-state index contributed by atoms with van der Waals surface area (Å²) < 4.78 is 0. The molecule has 0 heterocycles. The van der Waals surface area contributed by atoms with Gasteiger partial charge in [0.15, 0.2) is 0 Å². The van der Waals surface area contributed by atoms with Crippen molar-refractivity contribution < 1.29 is 0 Å². The summed E-state index contributed by atoms with van der Waals surface area (Å²) in [6.07, 6.45) is 6.22. The fraction of sp³-hybridized carbons (Fsp3) is 0.231. The standard InChI is InChI=1S/C13H17N/c1-3-11-14(2)12-7-10-13-8-5-4-6-9-13/h3-10H,1,11-12H2,2H3. The molecular formula is C13H17N. The number of hydrogen-bond donors (Lipinski definition) is 0. The largest absolute Gasteiger partial charge is 0.299 e. The maximum atomic E-state index is 3.70. The average molecular weight is 187 g/mol. The molecule has 14 heavy (non-hydrogen) atoms. The van der Waals surface area contributed by atoms with Gasteiger partial charge in [0.2, 0.25) is 0 Å². The molecule has 0 N–H and O–H groups in total. The fourth-order valence-electron chi connectivity index (χ4n) is 1.23. The van der Waals surface area contributed by atoms with Crippen LogP contribution >= 0.6 is 0 Å². The molecule has 0 radical (unpaired) electrons. The van der Waals surface area contributed by atoms with Crippen molar-refractivity contribution in [2.24, 2.45) is 0 Å². The van der Waals surface area contributed by atoms with Crippen molar-refractivity contribution in [2.45, 2.75) is 0 Å². The Balaban J connectivity index is 2.37. The molecule has 0 saturated heterocycles. The number of likely N-dealkylation sites (N-methyl/N-ethyl adjacent to an activating group) is 1. The molecule has 0 aliphatic heterocycles. The molecule has 1 rings (SSSR count). The molecule has 0 atom stereocenters. The van der Waals surface area contributed by atoms with Crippen LogP contribution in [0, 0.1) is 0 Å². The summed E-state index contributed by atoms with van der Waals surface area (Å²) in [6, 6.07) is 10.3. The lowest BCUT2D eigenvalue weighted by Gasteiger charge is -2.09. The third-order valence-electron chi connectivity index (χ3n) is 1.97. The van der Waals surface area contributed by atoms with E-state index in [0.717, 1.165) is 13.1 Å². The van der Waals surface area contributed by atoms with E-state index in [0.29, 0.717) is 0 Å². The highest BCUT2D eigenvalue weighted by atomic mass is 15.1. The molecule has 1 nitrogen and oxygen atoms in total. The van der Waals surface area contributed by atoms with Crippen LogP contribution in [0.3, 0.4) is 0 Å². The average Bonchev–Trinajstić information content (AvgIpc) is 2.20. The van der Waals surface area contributed by atoms with Gasteiger partial charge >= 0.3 is 0 Å². The third-order valence-corrected chi connectivity index (χ3v) is 1.97. The Hall–Kier alpha value is -1.34. The predicted molar refractivity (Wildman–Crippen MR) is 63.2 cm³/mol. The molecule has 0 amide bonds. The number of nitrogens with zero attached hydrogens (tertiary/aromatic N) is 1. The summed E-state index contributed by atoms with van der Waals surface area (Å²) >= 11 is 0. The van der Waals surface area contributed by atoms with Crippen molar-refractivity contribution in [1.82, 2.24) is 4.90 Å². The van der Waals surface area contributed by atoms with Gasteiger partial charge in [0.05, 0.1) is 0 Å². The van der Waals surface area contributed by atoms with Crippen molar-refractivity contribution in [1.29, 1.82) is 0 Å². The maximum absolute atomic E-state index is 3.70. The summed E-state index contributed by atoms with van der Waals surface area (Å²) in [5.74, 6) is 0. The van der Waals surface area contributed by atoms with Crippen LogP contribution in [-0.2, 0) is 0 Å². The molecule has 1 heteroatoms. The van der Waals surface area contributed by atoms with Crippen molar-refractivity contribution in [3.05, 3.63) is 54.6 Å². The zero-order chi connectivity index (χ0) is 10.2. The molecule has 0 aliphatic carbocycles. The van der Waals surface area contributed by atoms with E-state index in [9.17, 15) is 0 Å². The molecule has 0 saturated carbocycles. The van der Waals surface area contributed by atoms with Crippen molar-refractivity contribution in [3.63, 3.8) is 0 Å². The Kier molecular flexibility index (Phi) is 4.73. The lowest BCUT2D eigenvalue weighted by atomic mass is 10.2. The quantitative estimate of drug-likeness (QED) is 0.641. The smallest absolute Gasteiger partial charge is 0.0166 e. The lowest BCUT2D eigenvalue weighted by Crippen LogP contribution is -2.17. The maximum Gasteiger partial charge on any atom is 0.0166 e. The normalized spacial score (nSPS) is 11.0. The molecule has 0 spiro atoms. The fourth-order valence-corrected chi connectivity index (χ4v) is 1.23. The van der Waals surface area contributed by atoms with Gasteiger partial charge in [-0.05, 0) is 12.6 Å². The molecular weight excluding hydrogens is 170 g/mol. The summed E-state index contributed by atoms with van der Waals surface area (Å²) in [6.45, 7) is 5.59. The van der Waals surface area contributed by atoms with E-state index in [4.69, 9.17) is 0 Å². The van der Waals surface area contributed by atoms with Crippen LogP contribution < -0.4 is 0 Å². The second-order valence-electron chi connectivity index (χ2n) is 3.32. The summed E-state index contributed by atoms with van der Waals surface area (Å²) in [4.78, 5) is 2.20. The highest BCUT2D eigenvalue weighted by Gasteiger charge is 1.89. The van der Waals surface area contributed by atoms with E-state index in [1.165, 1.54) is 5.56 Å². The Bertz CT molecular complexity index is 287. The van der Waals surface area contributed by atoms with E-state index in [2.05, 4.69) is 42.8 Å². The summed E-state index contributed by atoms with van der Waals surface area (Å²) in [5, 5.41) is 0. The molecule has 0 bridgehead atoms. The zero-order valence-electron chi connectivity index (χ0n) is 8.69. The predicted octanol–water partition coefficient (Wildman–Crippen LogP) is 2.82. The zero-order valence-corrected chi connectivity index (χ0v) is 8.69. The van der Waals surface area contributed by atoms with Crippen LogP contribution in [0.4, 0.5) is 0 Å². The van der Waals surface area contributed by atoms with Gasteiger partial charge < -0.3 is 0 Å². The topological polar surface area (TPSA) is 3.24 Å². The first kappa shape index (κ1) is 10.7. The van der Waals surface area contributed by atoms with Gasteiger partial charge in [0, 0.05) is 13.1 Å². The second kappa shape index (κ2) is 6.17. The second-order valence-corrected chi connectivity index (χ2v) is 3.32. The highest BCUT2D eigenvalue weighted by molar-refractivity contribution is 5.48. The Morgan fingerprint density at radius 3 is 2.57 bits per heavy atom. The van der Waals surface area contributed by atoms with Gasteiger partial charge in [0.25, 0.3) is 0 Å². The van der Waals surface area contributed by atoms with E-state index < -0.39 is 0 Å². The molecule has 1 aromatic rings. The lowest BCUT2D eigenvalue weighted by molar-refractivity contribution is 0.413. The summed E-state index contributed by atoms with van der Waals surface area (Å²) in [7, 11) is 2.08. The summed E-state index contributed by atoms with van der Waals surface area (Å²) in [5.41, 5.74) is 1.25. The molecule has 74 valence electrons. The first-order valence-corrected chi connectivity index (χ1v) is 4.84. The van der Waals surface area contributed by atoms with Gasteiger partial charge in [-0.1, -0.05) is 48.6 Å². The van der Waals surface area contributed by atoms with E-state index in [1.807, 2.05) is 24.3 Å². The van der Waals surface area contributed by atoms with Crippen LogP contribution in [0.15, 0.2) is 49.1 Å².